The smallest absolute Gasteiger partial charge is 0.280 e. The maximum absolute atomic E-state index is 13.0. The number of nitrogens with zero attached hydrogens (tertiary/aromatic N) is 2. The Morgan fingerprint density at radius 2 is 1.83 bits per heavy atom. The van der Waals surface area contributed by atoms with E-state index in [9.17, 15) is 19.7 Å². The third-order valence-electron chi connectivity index (χ3n) is 4.20. The number of carbonyl (C=O) groups excluding carboxylic acids is 2. The molecule has 2 heterocycles. The normalized spacial score (nSPS) is 16.9. The summed E-state index contributed by atoms with van der Waals surface area (Å²) in [5, 5.41) is 14.2. The van der Waals surface area contributed by atoms with Crippen LogP contribution in [-0.2, 0) is 9.59 Å². The van der Waals surface area contributed by atoms with Crippen LogP contribution in [0, 0.1) is 10.1 Å². The highest BCUT2D eigenvalue weighted by Gasteiger charge is 2.35. The van der Waals surface area contributed by atoms with E-state index < -0.39 is 16.7 Å². The van der Waals surface area contributed by atoms with Gasteiger partial charge in [0.2, 0.25) is 6.79 Å². The average molecular weight is 432 g/mol. The van der Waals surface area contributed by atoms with Crippen LogP contribution in [0.1, 0.15) is 5.56 Å². The maximum Gasteiger partial charge on any atom is 0.280 e. The number of ether oxygens (including phenoxy) is 2. The summed E-state index contributed by atoms with van der Waals surface area (Å²) in [7, 11) is 0. The molecule has 146 valence electrons. The Balaban J connectivity index is 1.79. The van der Waals surface area contributed by atoms with Crippen molar-refractivity contribution in [2.45, 2.75) is 0 Å². The van der Waals surface area contributed by atoms with Crippen molar-refractivity contribution >= 4 is 58.2 Å². The fraction of sp³-hybridized carbons (Fsp3) is 0.0556. The molecule has 0 bridgehead atoms. The van der Waals surface area contributed by atoms with Crippen molar-refractivity contribution in [1.29, 1.82) is 0 Å². The molecule has 1 N–H and O–H groups in total. The zero-order valence-corrected chi connectivity index (χ0v) is 16.0. The first-order valence-electron chi connectivity index (χ1n) is 8.10. The van der Waals surface area contributed by atoms with Crippen LogP contribution in [0.4, 0.5) is 11.4 Å². The molecule has 29 heavy (non-hydrogen) atoms. The molecular weight excluding hydrogens is 422 g/mol. The Labute approximate surface area is 173 Å². The lowest BCUT2D eigenvalue weighted by molar-refractivity contribution is -0.385. The van der Waals surface area contributed by atoms with Gasteiger partial charge in [-0.3, -0.25) is 29.9 Å². The monoisotopic (exact) mass is 431 g/mol. The van der Waals surface area contributed by atoms with Crippen LogP contribution in [0.5, 0.6) is 11.5 Å². The molecule has 0 aromatic heterocycles. The van der Waals surface area contributed by atoms with Crippen molar-refractivity contribution in [2.75, 3.05) is 11.7 Å². The van der Waals surface area contributed by atoms with Crippen molar-refractivity contribution in [2.24, 2.45) is 0 Å². The van der Waals surface area contributed by atoms with Gasteiger partial charge in [0.1, 0.15) is 5.57 Å². The van der Waals surface area contributed by atoms with E-state index in [0.29, 0.717) is 10.7 Å². The van der Waals surface area contributed by atoms with E-state index in [4.69, 9.17) is 33.3 Å². The predicted molar refractivity (Wildman–Crippen MR) is 107 cm³/mol. The molecule has 11 heteroatoms. The van der Waals surface area contributed by atoms with Gasteiger partial charge in [0, 0.05) is 5.02 Å². The Hall–Kier alpha value is -3.50. The first kappa shape index (κ1) is 18.8. The topological polar surface area (TPSA) is 111 Å². The third kappa shape index (κ3) is 3.39. The maximum atomic E-state index is 13.0. The van der Waals surface area contributed by atoms with Gasteiger partial charge in [-0.1, -0.05) is 11.6 Å². The fourth-order valence-corrected chi connectivity index (χ4v) is 3.27. The van der Waals surface area contributed by atoms with E-state index in [1.807, 2.05) is 0 Å². The largest absolute Gasteiger partial charge is 0.454 e. The zero-order valence-electron chi connectivity index (χ0n) is 14.4. The number of nitro benzene ring substituents is 1. The third-order valence-corrected chi connectivity index (χ3v) is 4.74. The van der Waals surface area contributed by atoms with Gasteiger partial charge < -0.3 is 9.47 Å². The molecule has 1 fully saturated rings. The molecule has 0 aliphatic carbocycles. The van der Waals surface area contributed by atoms with Crippen LogP contribution in [0.15, 0.2) is 42.0 Å². The van der Waals surface area contributed by atoms with Gasteiger partial charge in [0.15, 0.2) is 16.6 Å². The summed E-state index contributed by atoms with van der Waals surface area (Å²) in [6, 6.07) is 8.77. The van der Waals surface area contributed by atoms with Crippen molar-refractivity contribution in [3.63, 3.8) is 0 Å². The average Bonchev–Trinajstić information content (AvgIpc) is 3.13. The second-order valence-electron chi connectivity index (χ2n) is 5.96. The van der Waals surface area contributed by atoms with Gasteiger partial charge >= 0.3 is 0 Å². The van der Waals surface area contributed by atoms with E-state index in [2.05, 4.69) is 5.32 Å². The predicted octanol–water partition coefficient (Wildman–Crippen LogP) is 2.81. The zero-order chi connectivity index (χ0) is 20.7. The summed E-state index contributed by atoms with van der Waals surface area (Å²) in [6.45, 7) is -0.0788. The van der Waals surface area contributed by atoms with Gasteiger partial charge in [-0.05, 0) is 48.6 Å². The van der Waals surface area contributed by atoms with Crippen LogP contribution in [0.3, 0.4) is 0 Å². The van der Waals surface area contributed by atoms with E-state index >= 15 is 0 Å². The summed E-state index contributed by atoms with van der Waals surface area (Å²) in [4.78, 5) is 37.3. The second-order valence-corrected chi connectivity index (χ2v) is 6.78. The molecule has 4 rings (SSSR count). The molecule has 0 radical (unpaired) electrons. The summed E-state index contributed by atoms with van der Waals surface area (Å²) in [5.41, 5.74) is -0.263. The minimum absolute atomic E-state index is 0.0154. The van der Waals surface area contributed by atoms with Crippen LogP contribution in [-0.4, -0.2) is 28.6 Å². The number of hydrogen-bond acceptors (Lipinski definition) is 7. The highest BCUT2D eigenvalue weighted by Crippen LogP contribution is 2.39. The minimum atomic E-state index is -0.767. The van der Waals surface area contributed by atoms with Gasteiger partial charge in [-0.2, -0.15) is 0 Å². The summed E-state index contributed by atoms with van der Waals surface area (Å²) in [6.07, 6.45) is 1.13. The number of benzene rings is 2. The molecule has 2 aromatic carbocycles. The Morgan fingerprint density at radius 1 is 1.17 bits per heavy atom. The SMILES string of the molecule is O=C1NC(=S)N(c2ccc(Cl)cc2)C(=O)/C1=C/c1cc2c(cc1[N+](=O)[O-])OCO2. The Bertz CT molecular complexity index is 1120. The number of hydrogen-bond donors (Lipinski definition) is 1. The highest BCUT2D eigenvalue weighted by molar-refractivity contribution is 7.80. The van der Waals surface area contributed by atoms with Gasteiger partial charge in [-0.25, -0.2) is 0 Å². The molecular formula is C18H10ClN3O6S. The molecule has 2 aliphatic rings. The first-order valence-corrected chi connectivity index (χ1v) is 8.89. The molecule has 0 saturated carbocycles. The van der Waals surface area contributed by atoms with Crippen molar-refractivity contribution in [3.05, 3.63) is 62.7 Å². The minimum Gasteiger partial charge on any atom is -0.454 e. The number of nitro groups is 1. The standard InChI is InChI=1S/C18H10ClN3O6S/c19-10-1-3-11(4-2-10)21-17(24)12(16(23)20-18(21)29)5-9-6-14-15(28-8-27-14)7-13(9)22(25)26/h1-7H,8H2,(H,20,23,29)/b12-5+. The molecule has 0 atom stereocenters. The number of anilines is 1. The lowest BCUT2D eigenvalue weighted by Gasteiger charge is -2.28. The van der Waals surface area contributed by atoms with Gasteiger partial charge in [0.05, 0.1) is 22.2 Å². The highest BCUT2D eigenvalue weighted by atomic mass is 35.5. The van der Waals surface area contributed by atoms with Gasteiger partial charge in [-0.15, -0.1) is 0 Å². The molecule has 2 aromatic rings. The van der Waals surface area contributed by atoms with Crippen LogP contribution in [0.2, 0.25) is 5.02 Å². The first-order chi connectivity index (χ1) is 13.8. The Kier molecular flexibility index (Phi) is 4.65. The number of amides is 2. The number of carbonyl (C=O) groups is 2. The van der Waals surface area contributed by atoms with Crippen LogP contribution in [0.25, 0.3) is 6.08 Å². The lowest BCUT2D eigenvalue weighted by atomic mass is 10.0. The number of rotatable bonds is 3. The van der Waals surface area contributed by atoms with Crippen LogP contribution < -0.4 is 19.7 Å². The number of nitrogens with one attached hydrogen (secondary N) is 1. The van der Waals surface area contributed by atoms with Crippen molar-refractivity contribution < 1.29 is 24.0 Å². The molecule has 0 spiro atoms. The molecule has 0 unspecified atom stereocenters. The van der Waals surface area contributed by atoms with Crippen molar-refractivity contribution in [3.8, 4) is 11.5 Å². The van der Waals surface area contributed by atoms with E-state index in [1.165, 1.54) is 12.1 Å². The Morgan fingerprint density at radius 3 is 2.48 bits per heavy atom. The second kappa shape index (κ2) is 7.15. The lowest BCUT2D eigenvalue weighted by Crippen LogP contribution is -2.54. The van der Waals surface area contributed by atoms with Gasteiger partial charge in [0.25, 0.3) is 17.5 Å². The summed E-state index contributed by atoms with van der Waals surface area (Å²) < 4.78 is 10.4. The number of fused-ring (bicyclic) bond motifs is 1. The molecule has 2 aliphatic heterocycles. The molecule has 1 saturated heterocycles. The fourth-order valence-electron chi connectivity index (χ4n) is 2.86. The van der Waals surface area contributed by atoms with Crippen molar-refractivity contribution in [1.82, 2.24) is 5.32 Å². The summed E-state index contributed by atoms with van der Waals surface area (Å²) >= 11 is 11.0. The number of thiocarbonyl (C=S) groups is 1. The summed E-state index contributed by atoms with van der Waals surface area (Å²) in [5.74, 6) is -1.01. The van der Waals surface area contributed by atoms with Crippen LogP contribution >= 0.6 is 23.8 Å². The van der Waals surface area contributed by atoms with E-state index in [0.717, 1.165) is 11.0 Å². The quantitative estimate of drug-likeness (QED) is 0.261. The molecule has 2 amide bonds. The number of halogens is 1. The molecule has 9 nitrogen and oxygen atoms in total. The van der Waals surface area contributed by atoms with E-state index in [1.54, 1.807) is 24.3 Å². The van der Waals surface area contributed by atoms with E-state index in [-0.39, 0.29) is 40.2 Å².